The number of nitrogens with zero attached hydrogens (tertiary/aromatic N) is 2. The number of nitriles is 1. The van der Waals surface area contributed by atoms with Crippen LogP contribution in [0.3, 0.4) is 0 Å². The van der Waals surface area contributed by atoms with Crippen LogP contribution in [0.1, 0.15) is 11.1 Å². The van der Waals surface area contributed by atoms with Gasteiger partial charge in [-0.05, 0) is 29.8 Å². The molecular formula is C16H12F3N3OS. The van der Waals surface area contributed by atoms with E-state index < -0.39 is 11.7 Å². The molecule has 0 saturated heterocycles. The van der Waals surface area contributed by atoms with Crippen LogP contribution < -0.4 is 5.32 Å². The standard InChI is InChI=1S/C16H12F3N3OS/c17-16(18,19)12-3-6-15(21-9-12)24-10-14(23)22-13-4-1-11(2-5-13)7-8-20/h1-6,9H,7,10H2,(H,22,23). The number of hydrogen-bond acceptors (Lipinski definition) is 4. The van der Waals surface area contributed by atoms with E-state index in [0.717, 1.165) is 29.6 Å². The normalized spacial score (nSPS) is 10.9. The van der Waals surface area contributed by atoms with Crippen LogP contribution in [-0.2, 0) is 17.4 Å². The summed E-state index contributed by atoms with van der Waals surface area (Å²) in [5.41, 5.74) is 0.607. The Morgan fingerprint density at radius 3 is 2.46 bits per heavy atom. The Kier molecular flexibility index (Phi) is 5.82. The van der Waals surface area contributed by atoms with Crippen LogP contribution in [0, 0.1) is 11.3 Å². The van der Waals surface area contributed by atoms with Crippen LogP contribution >= 0.6 is 11.8 Å². The van der Waals surface area contributed by atoms with Crippen molar-refractivity contribution < 1.29 is 18.0 Å². The average molecular weight is 351 g/mol. The zero-order valence-corrected chi connectivity index (χ0v) is 13.1. The molecule has 8 heteroatoms. The van der Waals surface area contributed by atoms with E-state index in [1.54, 1.807) is 24.3 Å². The summed E-state index contributed by atoms with van der Waals surface area (Å²) >= 11 is 1.04. The van der Waals surface area contributed by atoms with Crippen LogP contribution in [-0.4, -0.2) is 16.6 Å². The van der Waals surface area contributed by atoms with Gasteiger partial charge in [0.1, 0.15) is 0 Å². The van der Waals surface area contributed by atoms with E-state index in [0.29, 0.717) is 17.1 Å². The number of alkyl halides is 3. The van der Waals surface area contributed by atoms with Gasteiger partial charge in [-0.25, -0.2) is 4.98 Å². The fourth-order valence-electron chi connectivity index (χ4n) is 1.77. The molecule has 24 heavy (non-hydrogen) atoms. The number of rotatable bonds is 5. The lowest BCUT2D eigenvalue weighted by Crippen LogP contribution is -2.14. The highest BCUT2D eigenvalue weighted by atomic mass is 32.2. The van der Waals surface area contributed by atoms with Gasteiger partial charge < -0.3 is 5.32 Å². The zero-order chi connectivity index (χ0) is 17.6. The topological polar surface area (TPSA) is 65.8 Å². The van der Waals surface area contributed by atoms with Crippen molar-refractivity contribution in [3.8, 4) is 6.07 Å². The molecule has 0 spiro atoms. The van der Waals surface area contributed by atoms with E-state index in [1.807, 2.05) is 6.07 Å². The molecule has 0 aliphatic heterocycles. The second-order valence-corrected chi connectivity index (χ2v) is 5.75. The number of carbonyl (C=O) groups excluding carboxylic acids is 1. The molecule has 1 N–H and O–H groups in total. The van der Waals surface area contributed by atoms with Gasteiger partial charge in [0.2, 0.25) is 5.91 Å². The summed E-state index contributed by atoms with van der Waals surface area (Å²) in [6, 6.07) is 11.0. The van der Waals surface area contributed by atoms with Crippen molar-refractivity contribution in [2.75, 3.05) is 11.1 Å². The number of anilines is 1. The van der Waals surface area contributed by atoms with Crippen LogP contribution in [0.2, 0.25) is 0 Å². The Bertz CT molecular complexity index is 737. The second-order valence-electron chi connectivity index (χ2n) is 4.75. The maximum Gasteiger partial charge on any atom is 0.417 e. The van der Waals surface area contributed by atoms with Crippen molar-refractivity contribution in [3.05, 3.63) is 53.7 Å². The zero-order valence-electron chi connectivity index (χ0n) is 12.3. The molecule has 1 aromatic heterocycles. The van der Waals surface area contributed by atoms with E-state index in [9.17, 15) is 18.0 Å². The summed E-state index contributed by atoms with van der Waals surface area (Å²) in [7, 11) is 0. The predicted octanol–water partition coefficient (Wildman–Crippen LogP) is 3.90. The summed E-state index contributed by atoms with van der Waals surface area (Å²) in [5, 5.41) is 11.6. The first kappa shape index (κ1) is 17.8. The fourth-order valence-corrected chi connectivity index (χ4v) is 2.41. The number of benzene rings is 1. The Labute approximate surface area is 140 Å². The molecule has 2 aromatic rings. The average Bonchev–Trinajstić information content (AvgIpc) is 2.55. The molecule has 4 nitrogen and oxygen atoms in total. The molecule has 1 aromatic carbocycles. The van der Waals surface area contributed by atoms with E-state index >= 15 is 0 Å². The van der Waals surface area contributed by atoms with Gasteiger partial charge in [0.05, 0.1) is 28.8 Å². The summed E-state index contributed by atoms with van der Waals surface area (Å²) in [6.45, 7) is 0. The Morgan fingerprint density at radius 1 is 1.21 bits per heavy atom. The monoisotopic (exact) mass is 351 g/mol. The first-order valence-corrected chi connectivity index (χ1v) is 7.79. The lowest BCUT2D eigenvalue weighted by atomic mass is 10.1. The fraction of sp³-hybridized carbons (Fsp3) is 0.188. The number of aromatic nitrogens is 1. The molecule has 124 valence electrons. The summed E-state index contributed by atoms with van der Waals surface area (Å²) in [6.07, 6.45) is -3.39. The third-order valence-corrected chi connectivity index (χ3v) is 3.88. The van der Waals surface area contributed by atoms with Gasteiger partial charge in [-0.1, -0.05) is 23.9 Å². The molecule has 0 saturated carbocycles. The lowest BCUT2D eigenvalue weighted by Gasteiger charge is -2.07. The third kappa shape index (κ3) is 5.28. The van der Waals surface area contributed by atoms with E-state index in [2.05, 4.69) is 10.3 Å². The largest absolute Gasteiger partial charge is 0.417 e. The van der Waals surface area contributed by atoms with Crippen LogP contribution in [0.25, 0.3) is 0 Å². The minimum absolute atomic E-state index is 0.0261. The van der Waals surface area contributed by atoms with Crippen molar-refractivity contribution in [2.45, 2.75) is 17.6 Å². The highest BCUT2D eigenvalue weighted by Crippen LogP contribution is 2.29. The molecule has 0 bridgehead atoms. The van der Waals surface area contributed by atoms with Gasteiger partial charge in [-0.3, -0.25) is 4.79 Å². The molecule has 0 fully saturated rings. The summed E-state index contributed by atoms with van der Waals surface area (Å²) < 4.78 is 37.3. The molecular weight excluding hydrogens is 339 g/mol. The first-order chi connectivity index (χ1) is 11.4. The van der Waals surface area contributed by atoms with E-state index in [4.69, 9.17) is 5.26 Å². The number of hydrogen-bond donors (Lipinski definition) is 1. The van der Waals surface area contributed by atoms with Crippen LogP contribution in [0.5, 0.6) is 0 Å². The minimum Gasteiger partial charge on any atom is -0.325 e. The molecule has 0 aliphatic carbocycles. The molecule has 0 atom stereocenters. The maximum atomic E-state index is 12.4. The number of pyridine rings is 1. The number of nitrogens with one attached hydrogen (secondary N) is 1. The number of halogens is 3. The van der Waals surface area contributed by atoms with Gasteiger partial charge in [-0.15, -0.1) is 0 Å². The van der Waals surface area contributed by atoms with Crippen molar-refractivity contribution in [1.29, 1.82) is 5.26 Å². The molecule has 0 unspecified atom stereocenters. The number of thioether (sulfide) groups is 1. The Balaban J connectivity index is 1.85. The smallest absolute Gasteiger partial charge is 0.325 e. The highest BCUT2D eigenvalue weighted by Gasteiger charge is 2.30. The van der Waals surface area contributed by atoms with E-state index in [1.165, 1.54) is 6.07 Å². The lowest BCUT2D eigenvalue weighted by molar-refractivity contribution is -0.137. The Hall–Kier alpha value is -2.53. The van der Waals surface area contributed by atoms with E-state index in [-0.39, 0.29) is 11.7 Å². The van der Waals surface area contributed by atoms with Gasteiger partial charge in [-0.2, -0.15) is 18.4 Å². The second kappa shape index (κ2) is 7.84. The number of amides is 1. The van der Waals surface area contributed by atoms with Crippen LogP contribution in [0.4, 0.5) is 18.9 Å². The van der Waals surface area contributed by atoms with Gasteiger partial charge in [0.15, 0.2) is 0 Å². The van der Waals surface area contributed by atoms with Crippen molar-refractivity contribution in [1.82, 2.24) is 4.98 Å². The molecule has 0 radical (unpaired) electrons. The first-order valence-electron chi connectivity index (χ1n) is 6.80. The van der Waals surface area contributed by atoms with Crippen molar-refractivity contribution >= 4 is 23.4 Å². The van der Waals surface area contributed by atoms with Gasteiger partial charge in [0, 0.05) is 11.9 Å². The summed E-state index contributed by atoms with van der Waals surface area (Å²) in [5.74, 6) is -0.270. The summed E-state index contributed by atoms with van der Waals surface area (Å²) in [4.78, 5) is 15.5. The predicted molar refractivity (Wildman–Crippen MR) is 84.4 cm³/mol. The van der Waals surface area contributed by atoms with Crippen molar-refractivity contribution in [2.24, 2.45) is 0 Å². The van der Waals surface area contributed by atoms with Crippen molar-refractivity contribution in [3.63, 3.8) is 0 Å². The SMILES string of the molecule is N#CCc1ccc(NC(=O)CSc2ccc(C(F)(F)F)cn2)cc1. The van der Waals surface area contributed by atoms with Gasteiger partial charge in [0.25, 0.3) is 0 Å². The minimum atomic E-state index is -4.43. The molecule has 0 aliphatic rings. The Morgan fingerprint density at radius 2 is 1.92 bits per heavy atom. The molecule has 1 heterocycles. The third-order valence-electron chi connectivity index (χ3n) is 2.94. The number of carbonyl (C=O) groups is 1. The molecule has 1 amide bonds. The molecule has 2 rings (SSSR count). The van der Waals surface area contributed by atoms with Crippen LogP contribution in [0.15, 0.2) is 47.6 Å². The maximum absolute atomic E-state index is 12.4. The quantitative estimate of drug-likeness (QED) is 0.830. The van der Waals surface area contributed by atoms with Gasteiger partial charge >= 0.3 is 6.18 Å². The highest BCUT2D eigenvalue weighted by molar-refractivity contribution is 7.99.